The summed E-state index contributed by atoms with van der Waals surface area (Å²) in [6, 6.07) is -8.95. The van der Waals surface area contributed by atoms with Crippen LogP contribution in [0.3, 0.4) is 0 Å². The fourth-order valence-corrected chi connectivity index (χ4v) is 4.73. The van der Waals surface area contributed by atoms with Crippen molar-refractivity contribution < 1.29 is 43.5 Å². The molecule has 7 amide bonds. The van der Waals surface area contributed by atoms with Gasteiger partial charge >= 0.3 is 5.97 Å². The van der Waals surface area contributed by atoms with Crippen LogP contribution >= 0.6 is 25.3 Å². The monoisotopic (exact) mass is 764 g/mol. The Morgan fingerprint density at radius 2 is 0.804 bits per heavy atom. The first-order chi connectivity index (χ1) is 23.9. The number of carbonyl (C=O) groups is 8. The summed E-state index contributed by atoms with van der Waals surface area (Å²) in [7, 11) is 0. The summed E-state index contributed by atoms with van der Waals surface area (Å²) in [5.41, 5.74) is 16.7. The number of carboxylic acids is 1. The summed E-state index contributed by atoms with van der Waals surface area (Å²) in [5, 5.41) is 26.3. The Kier molecular flexibility index (Phi) is 23.5. The summed E-state index contributed by atoms with van der Waals surface area (Å²) >= 11 is 8.16. The molecule has 21 heteroatoms. The van der Waals surface area contributed by atoms with Crippen LogP contribution in [0.25, 0.3) is 0 Å². The standard InChI is InChI=1S/C30H56N10O9S2/c1-15(35-25(43)17(3)37-28(46)21(13-50)40-27(45)19(33)9-5-7-11-31)23(41)34-16(2)24(42)36-18(4)26(44)39-22(14-51)29(47)38-20(30(48)49)10-6-8-12-32/h15-22,50-51H,5-14,31-33H2,1-4H3,(H,34,41)(H,35,43)(H,36,42)(H,37,46)(H,38,47)(H,39,44)(H,40,45)(H,48,49)/t15-,16-,17-,18-,19-,20-,21-,22-/m0/s1. The minimum Gasteiger partial charge on any atom is -0.480 e. The predicted octanol–water partition coefficient (Wildman–Crippen LogP) is -4.01. The average molecular weight is 765 g/mol. The first-order valence-corrected chi connectivity index (χ1v) is 17.9. The number of carboxylic acid groups (broad SMARTS) is 1. The van der Waals surface area contributed by atoms with E-state index < -0.39 is 95.7 Å². The molecule has 0 saturated heterocycles. The van der Waals surface area contributed by atoms with Gasteiger partial charge in [-0.15, -0.1) is 0 Å². The Labute approximate surface area is 309 Å². The van der Waals surface area contributed by atoms with E-state index in [1.165, 1.54) is 27.7 Å². The van der Waals surface area contributed by atoms with Gasteiger partial charge in [0.25, 0.3) is 0 Å². The first kappa shape index (κ1) is 47.3. The minimum atomic E-state index is -1.24. The first-order valence-electron chi connectivity index (χ1n) is 16.7. The van der Waals surface area contributed by atoms with Crippen molar-refractivity contribution in [3.8, 4) is 0 Å². The second kappa shape index (κ2) is 25.3. The highest BCUT2D eigenvalue weighted by Crippen LogP contribution is 2.03. The van der Waals surface area contributed by atoms with Gasteiger partial charge in [0, 0.05) is 11.5 Å². The van der Waals surface area contributed by atoms with Crippen LogP contribution in [-0.2, 0) is 38.4 Å². The van der Waals surface area contributed by atoms with Crippen molar-refractivity contribution in [2.24, 2.45) is 17.2 Å². The third kappa shape index (κ3) is 18.4. The lowest BCUT2D eigenvalue weighted by molar-refractivity contribution is -0.142. The molecule has 51 heavy (non-hydrogen) atoms. The van der Waals surface area contributed by atoms with Crippen molar-refractivity contribution >= 4 is 72.6 Å². The van der Waals surface area contributed by atoms with Crippen LogP contribution in [0.2, 0.25) is 0 Å². The van der Waals surface area contributed by atoms with Crippen molar-refractivity contribution in [1.29, 1.82) is 0 Å². The van der Waals surface area contributed by atoms with E-state index in [2.05, 4.69) is 62.5 Å². The Hall–Kier alpha value is -3.66. The summed E-state index contributed by atoms with van der Waals surface area (Å²) < 4.78 is 0. The molecule has 0 rings (SSSR count). The SMILES string of the molecule is C[C@H](NC(=O)[C@H](C)NC(=O)[C@H](C)NC(=O)[C@H](CS)NC(=O)[C@@H](N)CCCCN)C(=O)N[C@@H](C)C(=O)N[C@@H](CS)C(=O)N[C@@H](CCCCN)C(=O)O. The molecule has 0 unspecified atom stereocenters. The Morgan fingerprint density at radius 3 is 1.18 bits per heavy atom. The fraction of sp³-hybridized carbons (Fsp3) is 0.733. The second-order valence-electron chi connectivity index (χ2n) is 12.0. The topological polar surface area (TPSA) is 319 Å². The van der Waals surface area contributed by atoms with Gasteiger partial charge in [-0.1, -0.05) is 6.42 Å². The van der Waals surface area contributed by atoms with E-state index in [9.17, 15) is 43.5 Å². The molecule has 0 fully saturated rings. The lowest BCUT2D eigenvalue weighted by atomic mass is 10.1. The molecule has 0 bridgehead atoms. The van der Waals surface area contributed by atoms with Gasteiger partial charge in [0.2, 0.25) is 41.4 Å². The summed E-state index contributed by atoms with van der Waals surface area (Å²) in [4.78, 5) is 100. The Balaban J connectivity index is 4.97. The molecular formula is C30H56N10O9S2. The fourth-order valence-electron chi connectivity index (χ4n) is 4.22. The number of aliphatic carboxylic acids is 1. The van der Waals surface area contributed by atoms with E-state index in [4.69, 9.17) is 17.2 Å². The molecule has 0 radical (unpaired) electrons. The maximum Gasteiger partial charge on any atom is 0.326 e. The number of amides is 7. The summed E-state index contributed by atoms with van der Waals surface area (Å²) in [5.74, 6) is -6.52. The third-order valence-electron chi connectivity index (χ3n) is 7.51. The van der Waals surface area contributed by atoms with E-state index in [1.54, 1.807) is 0 Å². The quantitative estimate of drug-likeness (QED) is 0.0313. The molecule has 8 atom stereocenters. The van der Waals surface area contributed by atoms with Gasteiger partial charge in [0.05, 0.1) is 6.04 Å². The largest absolute Gasteiger partial charge is 0.480 e. The molecule has 0 aromatic rings. The van der Waals surface area contributed by atoms with Crippen molar-refractivity contribution in [2.45, 2.75) is 115 Å². The molecule has 0 heterocycles. The summed E-state index contributed by atoms with van der Waals surface area (Å²) in [6.45, 7) is 6.22. The highest BCUT2D eigenvalue weighted by molar-refractivity contribution is 7.80. The molecule has 14 N–H and O–H groups in total. The van der Waals surface area contributed by atoms with Gasteiger partial charge in [0.15, 0.2) is 0 Å². The van der Waals surface area contributed by atoms with Crippen LogP contribution in [0, 0.1) is 0 Å². The van der Waals surface area contributed by atoms with E-state index in [0.29, 0.717) is 45.2 Å². The van der Waals surface area contributed by atoms with Crippen LogP contribution in [-0.4, -0.2) is 125 Å². The molecular weight excluding hydrogens is 709 g/mol. The van der Waals surface area contributed by atoms with Gasteiger partial charge in [-0.05, 0) is 72.9 Å². The average Bonchev–Trinajstić information content (AvgIpc) is 3.08. The van der Waals surface area contributed by atoms with Crippen LogP contribution < -0.4 is 54.4 Å². The number of unbranched alkanes of at least 4 members (excludes halogenated alkanes) is 2. The molecule has 0 aromatic heterocycles. The summed E-state index contributed by atoms with van der Waals surface area (Å²) in [6.07, 6.45) is 2.90. The molecule has 0 aliphatic heterocycles. The maximum absolute atomic E-state index is 12.7. The zero-order valence-corrected chi connectivity index (χ0v) is 31.3. The van der Waals surface area contributed by atoms with Crippen molar-refractivity contribution in [1.82, 2.24) is 37.2 Å². The number of nitrogens with one attached hydrogen (secondary N) is 7. The van der Waals surface area contributed by atoms with Crippen LogP contribution in [0.4, 0.5) is 0 Å². The van der Waals surface area contributed by atoms with E-state index in [-0.39, 0.29) is 17.9 Å². The molecule has 0 aromatic carbocycles. The molecule has 292 valence electrons. The van der Waals surface area contributed by atoms with Crippen LogP contribution in [0.15, 0.2) is 0 Å². The van der Waals surface area contributed by atoms with Gasteiger partial charge in [0.1, 0.15) is 42.3 Å². The van der Waals surface area contributed by atoms with E-state index >= 15 is 0 Å². The lowest BCUT2D eigenvalue weighted by Crippen LogP contribution is -2.59. The lowest BCUT2D eigenvalue weighted by Gasteiger charge is -2.24. The minimum absolute atomic E-state index is 0.0746. The molecule has 0 aliphatic carbocycles. The number of carbonyl (C=O) groups excluding carboxylic acids is 7. The van der Waals surface area contributed by atoms with Gasteiger partial charge in [-0.3, -0.25) is 33.6 Å². The molecule has 19 nitrogen and oxygen atoms in total. The normalized spacial score (nSPS) is 15.6. The van der Waals surface area contributed by atoms with Gasteiger partial charge < -0.3 is 59.5 Å². The Morgan fingerprint density at radius 1 is 0.490 bits per heavy atom. The van der Waals surface area contributed by atoms with Crippen LogP contribution in [0.5, 0.6) is 0 Å². The van der Waals surface area contributed by atoms with Crippen molar-refractivity contribution in [3.05, 3.63) is 0 Å². The smallest absolute Gasteiger partial charge is 0.326 e. The van der Waals surface area contributed by atoms with Gasteiger partial charge in [-0.2, -0.15) is 25.3 Å². The predicted molar refractivity (Wildman–Crippen MR) is 195 cm³/mol. The van der Waals surface area contributed by atoms with E-state index in [1.807, 2.05) is 0 Å². The Bertz CT molecular complexity index is 1200. The number of hydrogen-bond acceptors (Lipinski definition) is 13. The van der Waals surface area contributed by atoms with E-state index in [0.717, 1.165) is 0 Å². The molecule has 0 saturated carbocycles. The van der Waals surface area contributed by atoms with Crippen molar-refractivity contribution in [2.75, 3.05) is 24.6 Å². The van der Waals surface area contributed by atoms with Crippen LogP contribution in [0.1, 0.15) is 66.2 Å². The highest BCUT2D eigenvalue weighted by atomic mass is 32.1. The number of rotatable bonds is 25. The molecule has 0 aliphatic rings. The maximum atomic E-state index is 12.7. The van der Waals surface area contributed by atoms with Crippen molar-refractivity contribution in [3.63, 3.8) is 0 Å². The number of thiol groups is 2. The third-order valence-corrected chi connectivity index (χ3v) is 8.24. The zero-order valence-electron chi connectivity index (χ0n) is 29.5. The molecule has 0 spiro atoms. The highest BCUT2D eigenvalue weighted by Gasteiger charge is 2.30. The van der Waals surface area contributed by atoms with Gasteiger partial charge in [-0.25, -0.2) is 4.79 Å². The second-order valence-corrected chi connectivity index (χ2v) is 12.7. The number of hydrogen-bond donors (Lipinski definition) is 13. The zero-order chi connectivity index (χ0) is 39.3. The number of nitrogens with two attached hydrogens (primary N) is 3.